The van der Waals surface area contributed by atoms with Gasteiger partial charge < -0.3 is 4.74 Å². The molecule has 0 aromatic carbocycles. The third-order valence-corrected chi connectivity index (χ3v) is 1.65. The number of ether oxygens (including phenoxy) is 1. The summed E-state index contributed by atoms with van der Waals surface area (Å²) in [5.74, 6) is 8.56. The summed E-state index contributed by atoms with van der Waals surface area (Å²) in [5.41, 5.74) is 0. The van der Waals surface area contributed by atoms with Crippen molar-refractivity contribution in [3.05, 3.63) is 0 Å². The van der Waals surface area contributed by atoms with E-state index in [4.69, 9.17) is 11.2 Å². The third kappa shape index (κ3) is 3.12. The molecule has 1 nitrogen and oxygen atoms in total. The maximum Gasteiger partial charge on any atom is 0.119 e. The minimum Gasteiger partial charge on any atom is -0.353 e. The van der Waals surface area contributed by atoms with Crippen LogP contribution in [0.15, 0.2) is 0 Å². The Labute approximate surface area is 68.1 Å². The van der Waals surface area contributed by atoms with Crippen LogP contribution in [0.2, 0.25) is 0 Å². The minimum atomic E-state index is 0.0912. The molecule has 1 atom stereocenters. The molecule has 0 amide bonds. The fourth-order valence-corrected chi connectivity index (χ4v) is 1.07. The van der Waals surface area contributed by atoms with Crippen LogP contribution >= 0.6 is 0 Å². The van der Waals surface area contributed by atoms with Crippen molar-refractivity contribution in [2.24, 2.45) is 0 Å². The average Bonchev–Trinajstić information content (AvgIpc) is 2.28. The van der Waals surface area contributed by atoms with Crippen molar-refractivity contribution < 1.29 is 4.74 Å². The van der Waals surface area contributed by atoms with Crippen LogP contribution in [-0.2, 0) is 4.74 Å². The third-order valence-electron chi connectivity index (χ3n) is 1.65. The van der Waals surface area contributed by atoms with E-state index in [0.29, 0.717) is 6.61 Å². The van der Waals surface area contributed by atoms with Crippen LogP contribution in [0.1, 0.15) is 25.7 Å². The highest BCUT2D eigenvalue weighted by Gasteiger charge is 2.05. The van der Waals surface area contributed by atoms with Crippen molar-refractivity contribution in [1.82, 2.24) is 0 Å². The van der Waals surface area contributed by atoms with E-state index in [2.05, 4.69) is 17.8 Å². The van der Waals surface area contributed by atoms with Gasteiger partial charge in [0.15, 0.2) is 0 Å². The first-order chi connectivity index (χ1) is 5.43. The largest absolute Gasteiger partial charge is 0.353 e. The van der Waals surface area contributed by atoms with Gasteiger partial charge in [-0.3, -0.25) is 0 Å². The van der Waals surface area contributed by atoms with E-state index < -0.39 is 0 Å². The van der Waals surface area contributed by atoms with Gasteiger partial charge in [-0.1, -0.05) is 11.8 Å². The molecule has 1 heteroatoms. The second-order valence-corrected chi connectivity index (χ2v) is 2.57. The Morgan fingerprint density at radius 2 is 2.45 bits per heavy atom. The zero-order valence-corrected chi connectivity index (χ0v) is 6.60. The van der Waals surface area contributed by atoms with Gasteiger partial charge in [0.2, 0.25) is 0 Å². The monoisotopic (exact) mass is 148 g/mol. The highest BCUT2D eigenvalue weighted by molar-refractivity contribution is 5.07. The lowest BCUT2D eigenvalue weighted by molar-refractivity contribution is 0.113. The van der Waals surface area contributed by atoms with Crippen molar-refractivity contribution in [3.8, 4) is 24.2 Å². The van der Waals surface area contributed by atoms with Gasteiger partial charge in [0.05, 0.1) is 0 Å². The van der Waals surface area contributed by atoms with Crippen molar-refractivity contribution >= 4 is 0 Å². The van der Waals surface area contributed by atoms with E-state index >= 15 is 0 Å². The van der Waals surface area contributed by atoms with Crippen LogP contribution in [-0.4, -0.2) is 12.7 Å². The molecule has 1 rings (SSSR count). The predicted molar refractivity (Wildman–Crippen MR) is 44.8 cm³/mol. The molecule has 0 bridgehead atoms. The lowest BCUT2D eigenvalue weighted by atomic mass is 10.2. The molecular weight excluding hydrogens is 136 g/mol. The van der Waals surface area contributed by atoms with Crippen LogP contribution in [0.3, 0.4) is 0 Å². The molecule has 0 saturated heterocycles. The minimum absolute atomic E-state index is 0.0912. The van der Waals surface area contributed by atoms with Gasteiger partial charge >= 0.3 is 0 Å². The Bertz CT molecular complexity index is 201. The second-order valence-electron chi connectivity index (χ2n) is 2.57. The van der Waals surface area contributed by atoms with Gasteiger partial charge in [0, 0.05) is 6.42 Å². The van der Waals surface area contributed by atoms with E-state index in [1.54, 1.807) is 0 Å². The molecular formula is C10H12O. The smallest absolute Gasteiger partial charge is 0.119 e. The highest BCUT2D eigenvalue weighted by Crippen LogP contribution is 2.09. The molecule has 0 saturated carbocycles. The maximum atomic E-state index is 5.30. The number of rotatable bonds is 2. The first-order valence-corrected chi connectivity index (χ1v) is 3.97. The van der Waals surface area contributed by atoms with Gasteiger partial charge in [-0.05, 0) is 19.3 Å². The van der Waals surface area contributed by atoms with Crippen LogP contribution in [0.5, 0.6) is 0 Å². The molecule has 0 spiro atoms. The van der Waals surface area contributed by atoms with Gasteiger partial charge in [-0.2, -0.15) is 0 Å². The van der Waals surface area contributed by atoms with Crippen molar-refractivity contribution in [2.45, 2.75) is 31.8 Å². The van der Waals surface area contributed by atoms with Crippen molar-refractivity contribution in [2.75, 3.05) is 6.61 Å². The molecule has 1 aliphatic rings. The molecule has 0 heterocycles. The van der Waals surface area contributed by atoms with E-state index in [0.717, 1.165) is 12.8 Å². The topological polar surface area (TPSA) is 9.23 Å². The van der Waals surface area contributed by atoms with Crippen LogP contribution in [0, 0.1) is 24.2 Å². The Kier molecular flexibility index (Phi) is 3.59. The van der Waals surface area contributed by atoms with Gasteiger partial charge in [-0.15, -0.1) is 12.3 Å². The summed E-state index contributed by atoms with van der Waals surface area (Å²) in [7, 11) is 0. The Hall–Kier alpha value is -0.920. The van der Waals surface area contributed by atoms with Crippen LogP contribution in [0.25, 0.3) is 0 Å². The average molecular weight is 148 g/mol. The standard InChI is InChI=1S/C10H12O/c1-2-9-11-10-7-5-3-4-6-8-10/h1,10H,3-5,7,9H2/t10-/m1/s1. The quantitative estimate of drug-likeness (QED) is 0.540. The van der Waals surface area contributed by atoms with Crippen molar-refractivity contribution in [3.63, 3.8) is 0 Å². The van der Waals surface area contributed by atoms with Gasteiger partial charge in [0.25, 0.3) is 0 Å². The Balaban J connectivity index is 2.30. The highest BCUT2D eigenvalue weighted by atomic mass is 16.5. The summed E-state index contributed by atoms with van der Waals surface area (Å²) < 4.78 is 5.30. The molecule has 0 aromatic heterocycles. The normalized spacial score (nSPS) is 22.6. The zero-order valence-electron chi connectivity index (χ0n) is 6.60. The summed E-state index contributed by atoms with van der Waals surface area (Å²) in [6, 6.07) is 0. The fourth-order valence-electron chi connectivity index (χ4n) is 1.07. The summed E-state index contributed by atoms with van der Waals surface area (Å²) in [6.45, 7) is 0.388. The van der Waals surface area contributed by atoms with Gasteiger partial charge in [0.1, 0.15) is 12.7 Å². The summed E-state index contributed by atoms with van der Waals surface area (Å²) >= 11 is 0. The molecule has 58 valence electrons. The van der Waals surface area contributed by atoms with E-state index in [1.165, 1.54) is 12.8 Å². The predicted octanol–water partition coefficient (Wildman–Crippen LogP) is 1.58. The lowest BCUT2D eigenvalue weighted by Crippen LogP contribution is -2.09. The van der Waals surface area contributed by atoms with Crippen LogP contribution in [0.4, 0.5) is 0 Å². The summed E-state index contributed by atoms with van der Waals surface area (Å²) in [5, 5.41) is 0. The molecule has 0 aliphatic heterocycles. The molecule has 0 unspecified atom stereocenters. The molecule has 1 aliphatic carbocycles. The second kappa shape index (κ2) is 4.83. The molecule has 0 radical (unpaired) electrons. The van der Waals surface area contributed by atoms with E-state index in [-0.39, 0.29) is 6.10 Å². The van der Waals surface area contributed by atoms with Crippen molar-refractivity contribution in [1.29, 1.82) is 0 Å². The maximum absolute atomic E-state index is 5.30. The SMILES string of the molecule is C#CCO[C@H]1C#CCCCC1. The molecule has 0 N–H and O–H groups in total. The Morgan fingerprint density at radius 1 is 1.55 bits per heavy atom. The molecule has 0 fully saturated rings. The van der Waals surface area contributed by atoms with E-state index in [9.17, 15) is 0 Å². The molecule has 11 heavy (non-hydrogen) atoms. The number of hydrogen-bond donors (Lipinski definition) is 0. The number of hydrogen-bond acceptors (Lipinski definition) is 1. The van der Waals surface area contributed by atoms with E-state index in [1.807, 2.05) is 0 Å². The fraction of sp³-hybridized carbons (Fsp3) is 0.600. The summed E-state index contributed by atoms with van der Waals surface area (Å²) in [4.78, 5) is 0. The lowest BCUT2D eigenvalue weighted by Gasteiger charge is -2.06. The molecule has 0 aromatic rings. The first kappa shape index (κ1) is 8.18. The number of terminal acetylenes is 1. The Morgan fingerprint density at radius 3 is 3.27 bits per heavy atom. The summed E-state index contributed by atoms with van der Waals surface area (Å²) in [6.07, 6.45) is 9.59. The first-order valence-electron chi connectivity index (χ1n) is 3.97. The van der Waals surface area contributed by atoms with Crippen LogP contribution < -0.4 is 0 Å². The van der Waals surface area contributed by atoms with Gasteiger partial charge in [-0.25, -0.2) is 0 Å². The zero-order chi connectivity index (χ0) is 7.94.